The zero-order valence-corrected chi connectivity index (χ0v) is 8.94. The molecule has 4 heteroatoms. The molecule has 0 saturated carbocycles. The van der Waals surface area contributed by atoms with E-state index in [2.05, 4.69) is 0 Å². The lowest BCUT2D eigenvalue weighted by Gasteiger charge is -2.12. The molecular weight excluding hydrogens is 211 g/mol. The largest absolute Gasteiger partial charge is 0.466 e. The van der Waals surface area contributed by atoms with E-state index in [0.29, 0.717) is 17.5 Å². The second kappa shape index (κ2) is 4.22. The summed E-state index contributed by atoms with van der Waals surface area (Å²) < 4.78 is 17.8. The molecule has 0 aliphatic heterocycles. The first-order chi connectivity index (χ1) is 7.63. The molecule has 0 unspecified atom stereocenters. The van der Waals surface area contributed by atoms with Gasteiger partial charge in [-0.1, -0.05) is 6.07 Å². The Balaban J connectivity index is 2.23. The van der Waals surface area contributed by atoms with Crippen LogP contribution in [-0.2, 0) is 16.0 Å². The van der Waals surface area contributed by atoms with Gasteiger partial charge in [0.2, 0.25) is 0 Å². The van der Waals surface area contributed by atoms with E-state index in [9.17, 15) is 14.3 Å². The molecule has 0 fully saturated rings. The first kappa shape index (κ1) is 11.1. The van der Waals surface area contributed by atoms with E-state index < -0.39 is 18.0 Å². The van der Waals surface area contributed by atoms with Crippen LogP contribution < -0.4 is 0 Å². The van der Waals surface area contributed by atoms with Crippen molar-refractivity contribution in [3.8, 4) is 0 Å². The molecule has 1 aliphatic carbocycles. The number of ether oxygens (including phenoxy) is 1. The average molecular weight is 224 g/mol. The predicted molar refractivity (Wildman–Crippen MR) is 55.2 cm³/mol. The standard InChI is InChI=1S/C12H13FO3/c1-2-16-12(15)10-6-7-5-8(13)3-4-9(7)11(10)14/h3-5,10-11,14H,2,6H2,1H3/t10-,11-/m1/s1. The van der Waals surface area contributed by atoms with Gasteiger partial charge in [-0.15, -0.1) is 0 Å². The van der Waals surface area contributed by atoms with Gasteiger partial charge < -0.3 is 9.84 Å². The highest BCUT2D eigenvalue weighted by atomic mass is 19.1. The Kier molecular flexibility index (Phi) is 2.92. The van der Waals surface area contributed by atoms with Gasteiger partial charge in [0, 0.05) is 0 Å². The smallest absolute Gasteiger partial charge is 0.312 e. The van der Waals surface area contributed by atoms with Crippen LogP contribution in [0.1, 0.15) is 24.2 Å². The Morgan fingerprint density at radius 3 is 3.06 bits per heavy atom. The number of esters is 1. The van der Waals surface area contributed by atoms with Crippen molar-refractivity contribution in [3.05, 3.63) is 35.1 Å². The first-order valence-corrected chi connectivity index (χ1v) is 5.26. The van der Waals surface area contributed by atoms with E-state index in [-0.39, 0.29) is 12.4 Å². The average Bonchev–Trinajstić information content (AvgIpc) is 2.56. The number of benzene rings is 1. The van der Waals surface area contributed by atoms with E-state index in [0.717, 1.165) is 0 Å². The summed E-state index contributed by atoms with van der Waals surface area (Å²) >= 11 is 0. The van der Waals surface area contributed by atoms with E-state index in [4.69, 9.17) is 4.74 Å². The zero-order chi connectivity index (χ0) is 11.7. The van der Waals surface area contributed by atoms with Crippen molar-refractivity contribution >= 4 is 5.97 Å². The van der Waals surface area contributed by atoms with Gasteiger partial charge in [-0.05, 0) is 36.6 Å². The number of aliphatic hydroxyl groups excluding tert-OH is 1. The monoisotopic (exact) mass is 224 g/mol. The Labute approximate surface area is 92.9 Å². The fourth-order valence-electron chi connectivity index (χ4n) is 2.07. The number of hydrogen-bond donors (Lipinski definition) is 1. The number of fused-ring (bicyclic) bond motifs is 1. The molecule has 1 aliphatic rings. The molecular formula is C12H13FO3. The third-order valence-electron chi connectivity index (χ3n) is 2.83. The van der Waals surface area contributed by atoms with Crippen molar-refractivity contribution in [1.82, 2.24) is 0 Å². The molecule has 2 rings (SSSR count). The van der Waals surface area contributed by atoms with Crippen molar-refractivity contribution in [3.63, 3.8) is 0 Å². The predicted octanol–water partition coefficient (Wildman–Crippen LogP) is 1.59. The lowest BCUT2D eigenvalue weighted by molar-refractivity contribution is -0.151. The minimum atomic E-state index is -0.880. The van der Waals surface area contributed by atoms with Gasteiger partial charge >= 0.3 is 5.97 Å². The Bertz CT molecular complexity index is 417. The Morgan fingerprint density at radius 2 is 2.38 bits per heavy atom. The third kappa shape index (κ3) is 1.80. The molecule has 86 valence electrons. The van der Waals surface area contributed by atoms with E-state index in [1.54, 1.807) is 6.92 Å². The maximum absolute atomic E-state index is 13.0. The minimum Gasteiger partial charge on any atom is -0.466 e. The second-order valence-corrected chi connectivity index (χ2v) is 3.85. The van der Waals surface area contributed by atoms with Crippen molar-refractivity contribution in [2.75, 3.05) is 6.61 Å². The molecule has 1 N–H and O–H groups in total. The highest BCUT2D eigenvalue weighted by Crippen LogP contribution is 2.36. The molecule has 1 aromatic carbocycles. The normalized spacial score (nSPS) is 22.9. The maximum Gasteiger partial charge on any atom is 0.312 e. The number of halogens is 1. The summed E-state index contributed by atoms with van der Waals surface area (Å²) in [4.78, 5) is 11.5. The molecule has 0 bridgehead atoms. The van der Waals surface area contributed by atoms with Crippen LogP contribution in [0, 0.1) is 11.7 Å². The number of carbonyl (C=O) groups excluding carboxylic acids is 1. The summed E-state index contributed by atoms with van der Waals surface area (Å²) in [6.07, 6.45) is -0.540. The summed E-state index contributed by atoms with van der Waals surface area (Å²) in [5.41, 5.74) is 1.31. The maximum atomic E-state index is 13.0. The number of hydrogen-bond acceptors (Lipinski definition) is 3. The van der Waals surface area contributed by atoms with Crippen LogP contribution in [0.25, 0.3) is 0 Å². The van der Waals surface area contributed by atoms with Gasteiger partial charge in [0.05, 0.1) is 18.6 Å². The van der Waals surface area contributed by atoms with Gasteiger partial charge in [-0.3, -0.25) is 4.79 Å². The summed E-state index contributed by atoms with van der Waals surface area (Å²) in [6.45, 7) is 2.00. The van der Waals surface area contributed by atoms with Crippen LogP contribution in [0.15, 0.2) is 18.2 Å². The van der Waals surface area contributed by atoms with Crippen LogP contribution in [0.3, 0.4) is 0 Å². The first-order valence-electron chi connectivity index (χ1n) is 5.26. The minimum absolute atomic E-state index is 0.284. The fourth-order valence-corrected chi connectivity index (χ4v) is 2.07. The third-order valence-corrected chi connectivity index (χ3v) is 2.83. The molecule has 0 amide bonds. The summed E-state index contributed by atoms with van der Waals surface area (Å²) in [5.74, 6) is -1.38. The molecule has 16 heavy (non-hydrogen) atoms. The van der Waals surface area contributed by atoms with Crippen molar-refractivity contribution in [2.45, 2.75) is 19.4 Å². The van der Waals surface area contributed by atoms with E-state index in [1.165, 1.54) is 18.2 Å². The molecule has 0 radical (unpaired) electrons. The zero-order valence-electron chi connectivity index (χ0n) is 8.94. The second-order valence-electron chi connectivity index (χ2n) is 3.85. The van der Waals surface area contributed by atoms with Crippen molar-refractivity contribution in [1.29, 1.82) is 0 Å². The number of aliphatic hydroxyl groups is 1. The fraction of sp³-hybridized carbons (Fsp3) is 0.417. The highest BCUT2D eigenvalue weighted by Gasteiger charge is 2.37. The van der Waals surface area contributed by atoms with Gasteiger partial charge in [0.15, 0.2) is 0 Å². The van der Waals surface area contributed by atoms with Gasteiger partial charge in [-0.2, -0.15) is 0 Å². The number of carbonyl (C=O) groups is 1. The van der Waals surface area contributed by atoms with Crippen LogP contribution in [0.2, 0.25) is 0 Å². The van der Waals surface area contributed by atoms with Crippen LogP contribution in [0.5, 0.6) is 0 Å². The quantitative estimate of drug-likeness (QED) is 0.776. The SMILES string of the molecule is CCOC(=O)[C@@H]1Cc2cc(F)ccc2[C@H]1O. The Hall–Kier alpha value is -1.42. The molecule has 0 aromatic heterocycles. The Morgan fingerprint density at radius 1 is 1.62 bits per heavy atom. The molecule has 0 spiro atoms. The number of rotatable bonds is 2. The van der Waals surface area contributed by atoms with Gasteiger partial charge in [0.1, 0.15) is 5.82 Å². The molecule has 1 aromatic rings. The van der Waals surface area contributed by atoms with Crippen LogP contribution in [0.4, 0.5) is 4.39 Å². The molecule has 0 heterocycles. The molecule has 0 saturated heterocycles. The van der Waals surface area contributed by atoms with Crippen LogP contribution >= 0.6 is 0 Å². The van der Waals surface area contributed by atoms with Crippen LogP contribution in [-0.4, -0.2) is 17.7 Å². The molecule has 3 nitrogen and oxygen atoms in total. The van der Waals surface area contributed by atoms with Crippen molar-refractivity contribution in [2.24, 2.45) is 5.92 Å². The summed E-state index contributed by atoms with van der Waals surface area (Å²) in [6, 6.07) is 4.17. The van der Waals surface area contributed by atoms with Gasteiger partial charge in [-0.25, -0.2) is 4.39 Å². The van der Waals surface area contributed by atoms with Crippen molar-refractivity contribution < 1.29 is 19.0 Å². The lowest BCUT2D eigenvalue weighted by Crippen LogP contribution is -2.21. The van der Waals surface area contributed by atoms with E-state index in [1.807, 2.05) is 0 Å². The lowest BCUT2D eigenvalue weighted by atomic mass is 10.0. The summed E-state index contributed by atoms with van der Waals surface area (Å²) in [7, 11) is 0. The highest BCUT2D eigenvalue weighted by molar-refractivity contribution is 5.75. The molecule has 2 atom stereocenters. The topological polar surface area (TPSA) is 46.5 Å². The van der Waals surface area contributed by atoms with Gasteiger partial charge in [0.25, 0.3) is 0 Å². The van der Waals surface area contributed by atoms with E-state index >= 15 is 0 Å². The summed E-state index contributed by atoms with van der Waals surface area (Å²) in [5, 5.41) is 9.91.